The fraction of sp³-hybridized carbons (Fsp3) is 0.643. The Morgan fingerprint density at radius 2 is 2.28 bits per heavy atom. The summed E-state index contributed by atoms with van der Waals surface area (Å²) in [6.07, 6.45) is 4.66. The van der Waals surface area contributed by atoms with Crippen LogP contribution < -0.4 is 10.5 Å². The Hall–Kier alpha value is -1.13. The van der Waals surface area contributed by atoms with Crippen molar-refractivity contribution in [1.29, 1.82) is 0 Å². The number of aryl methyl sites for hydroxylation is 1. The van der Waals surface area contributed by atoms with Crippen molar-refractivity contribution in [1.82, 2.24) is 4.98 Å². The van der Waals surface area contributed by atoms with Gasteiger partial charge in [0.2, 0.25) is 0 Å². The Labute approximate surface area is 108 Å². The van der Waals surface area contributed by atoms with Crippen LogP contribution in [0.1, 0.15) is 36.1 Å². The van der Waals surface area contributed by atoms with E-state index in [1.807, 2.05) is 13.8 Å². The summed E-state index contributed by atoms with van der Waals surface area (Å²) in [4.78, 5) is 4.44. The van der Waals surface area contributed by atoms with Gasteiger partial charge >= 0.3 is 0 Å². The van der Waals surface area contributed by atoms with E-state index in [1.165, 1.54) is 0 Å². The third kappa shape index (κ3) is 2.49. The van der Waals surface area contributed by atoms with Crippen LogP contribution in [-0.4, -0.2) is 28.8 Å². The van der Waals surface area contributed by atoms with E-state index in [1.54, 1.807) is 13.3 Å². The van der Waals surface area contributed by atoms with Crippen LogP contribution in [-0.2, 0) is 6.42 Å². The average molecular weight is 250 g/mol. The Balaban J connectivity index is 2.25. The van der Waals surface area contributed by atoms with E-state index in [0.29, 0.717) is 12.8 Å². The van der Waals surface area contributed by atoms with Gasteiger partial charge in [-0.25, -0.2) is 0 Å². The van der Waals surface area contributed by atoms with E-state index in [9.17, 15) is 5.11 Å². The van der Waals surface area contributed by atoms with E-state index in [2.05, 4.69) is 4.98 Å². The quantitative estimate of drug-likeness (QED) is 0.853. The lowest BCUT2D eigenvalue weighted by Crippen LogP contribution is -2.31. The Morgan fingerprint density at radius 1 is 1.56 bits per heavy atom. The molecule has 1 heterocycles. The minimum Gasteiger partial charge on any atom is -0.496 e. The molecular formula is C14H22N2O2. The molecule has 1 aliphatic rings. The summed E-state index contributed by atoms with van der Waals surface area (Å²) in [6.45, 7) is 3.97. The summed E-state index contributed by atoms with van der Waals surface area (Å²) in [6, 6.07) is 0.114. The first-order valence-electron chi connectivity index (χ1n) is 6.42. The minimum absolute atomic E-state index is 0.114. The molecule has 0 aromatic carbocycles. The highest BCUT2D eigenvalue weighted by atomic mass is 16.5. The fourth-order valence-electron chi connectivity index (χ4n) is 2.87. The monoisotopic (exact) mass is 250 g/mol. The van der Waals surface area contributed by atoms with Crippen molar-refractivity contribution < 1.29 is 9.84 Å². The zero-order valence-electron chi connectivity index (χ0n) is 11.4. The molecule has 3 N–H and O–H groups in total. The normalized spacial score (nSPS) is 27.5. The fourth-order valence-corrected chi connectivity index (χ4v) is 2.87. The number of rotatable bonds is 3. The summed E-state index contributed by atoms with van der Waals surface area (Å²) in [5.74, 6) is 0.867. The maximum atomic E-state index is 10.5. The van der Waals surface area contributed by atoms with Crippen LogP contribution in [0.25, 0.3) is 0 Å². The highest BCUT2D eigenvalue weighted by molar-refractivity contribution is 5.41. The summed E-state index contributed by atoms with van der Waals surface area (Å²) < 4.78 is 5.39. The molecule has 18 heavy (non-hydrogen) atoms. The maximum absolute atomic E-state index is 10.5. The summed E-state index contributed by atoms with van der Waals surface area (Å²) in [5, 5.41) is 10.5. The van der Waals surface area contributed by atoms with E-state index < -0.39 is 5.60 Å². The molecular weight excluding hydrogens is 228 g/mol. The van der Waals surface area contributed by atoms with Gasteiger partial charge in [0.1, 0.15) is 5.75 Å². The lowest BCUT2D eigenvalue weighted by Gasteiger charge is -2.23. The average Bonchev–Trinajstić information content (AvgIpc) is 2.64. The predicted molar refractivity (Wildman–Crippen MR) is 70.7 cm³/mol. The molecule has 1 aromatic heterocycles. The molecule has 0 amide bonds. The van der Waals surface area contributed by atoms with Gasteiger partial charge in [0.15, 0.2) is 0 Å². The largest absolute Gasteiger partial charge is 0.496 e. The minimum atomic E-state index is -0.697. The molecule has 4 nitrogen and oxygen atoms in total. The first-order chi connectivity index (χ1) is 8.45. The number of nitrogens with zero attached hydrogens (tertiary/aromatic N) is 1. The van der Waals surface area contributed by atoms with E-state index >= 15 is 0 Å². The smallest absolute Gasteiger partial charge is 0.128 e. The van der Waals surface area contributed by atoms with Crippen molar-refractivity contribution in [2.75, 3.05) is 7.11 Å². The summed E-state index contributed by atoms with van der Waals surface area (Å²) in [5.41, 5.74) is 8.13. The number of nitrogens with two attached hydrogens (primary N) is 1. The molecule has 1 saturated carbocycles. The van der Waals surface area contributed by atoms with Crippen molar-refractivity contribution >= 4 is 0 Å². The SMILES string of the molecule is COc1c(C)cnc(CC2(O)CCC(N)C2)c1C. The van der Waals surface area contributed by atoms with Gasteiger partial charge in [-0.1, -0.05) is 0 Å². The van der Waals surface area contributed by atoms with Crippen molar-refractivity contribution in [2.24, 2.45) is 5.73 Å². The number of ether oxygens (including phenoxy) is 1. The lowest BCUT2D eigenvalue weighted by atomic mass is 9.93. The lowest BCUT2D eigenvalue weighted by molar-refractivity contribution is 0.0457. The van der Waals surface area contributed by atoms with Crippen LogP contribution in [0.3, 0.4) is 0 Å². The molecule has 0 aliphatic heterocycles. The van der Waals surface area contributed by atoms with Crippen molar-refractivity contribution in [2.45, 2.75) is 51.2 Å². The number of aromatic nitrogens is 1. The van der Waals surface area contributed by atoms with Gasteiger partial charge in [0.25, 0.3) is 0 Å². The van der Waals surface area contributed by atoms with Gasteiger partial charge in [-0.2, -0.15) is 0 Å². The second-order valence-corrected chi connectivity index (χ2v) is 5.45. The molecule has 0 spiro atoms. The molecule has 0 radical (unpaired) electrons. The standard InChI is InChI=1S/C14H22N2O2/c1-9-8-16-12(10(2)13(9)18-3)7-14(17)5-4-11(15)6-14/h8,11,17H,4-7,15H2,1-3H3. The highest BCUT2D eigenvalue weighted by Gasteiger charge is 2.36. The highest BCUT2D eigenvalue weighted by Crippen LogP contribution is 2.34. The molecule has 2 unspecified atom stereocenters. The van der Waals surface area contributed by atoms with Crippen LogP contribution in [0.5, 0.6) is 5.75 Å². The third-order valence-electron chi connectivity index (χ3n) is 3.87. The van der Waals surface area contributed by atoms with E-state index in [0.717, 1.165) is 35.4 Å². The van der Waals surface area contributed by atoms with Crippen LogP contribution in [0.2, 0.25) is 0 Å². The van der Waals surface area contributed by atoms with Crippen LogP contribution in [0, 0.1) is 13.8 Å². The van der Waals surface area contributed by atoms with Gasteiger partial charge in [-0.3, -0.25) is 4.98 Å². The molecule has 1 aromatic rings. The molecule has 2 atom stereocenters. The Bertz CT molecular complexity index is 448. The van der Waals surface area contributed by atoms with Crippen molar-refractivity contribution in [3.63, 3.8) is 0 Å². The first-order valence-corrected chi connectivity index (χ1v) is 6.42. The van der Waals surface area contributed by atoms with Gasteiger partial charge < -0.3 is 15.6 Å². The van der Waals surface area contributed by atoms with E-state index in [-0.39, 0.29) is 6.04 Å². The number of pyridine rings is 1. The number of hydrogen-bond acceptors (Lipinski definition) is 4. The predicted octanol–water partition coefficient (Wildman–Crippen LogP) is 1.49. The van der Waals surface area contributed by atoms with Gasteiger partial charge in [-0.15, -0.1) is 0 Å². The molecule has 2 rings (SSSR count). The molecule has 1 fully saturated rings. The van der Waals surface area contributed by atoms with Gasteiger partial charge in [0.05, 0.1) is 12.7 Å². The summed E-state index contributed by atoms with van der Waals surface area (Å²) >= 11 is 0. The van der Waals surface area contributed by atoms with Crippen molar-refractivity contribution in [3.8, 4) is 5.75 Å². The molecule has 0 saturated heterocycles. The zero-order chi connectivity index (χ0) is 13.3. The first kappa shape index (κ1) is 13.3. The maximum Gasteiger partial charge on any atom is 0.128 e. The van der Waals surface area contributed by atoms with Gasteiger partial charge in [0, 0.05) is 35.5 Å². The molecule has 1 aliphatic carbocycles. The van der Waals surface area contributed by atoms with Crippen molar-refractivity contribution in [3.05, 3.63) is 23.0 Å². The topological polar surface area (TPSA) is 68.4 Å². The number of aliphatic hydroxyl groups is 1. The Kier molecular flexibility index (Phi) is 3.59. The number of hydrogen-bond donors (Lipinski definition) is 2. The second kappa shape index (κ2) is 4.86. The molecule has 0 bridgehead atoms. The van der Waals surface area contributed by atoms with Crippen LogP contribution >= 0.6 is 0 Å². The molecule has 4 heteroatoms. The summed E-state index contributed by atoms with van der Waals surface area (Å²) in [7, 11) is 1.67. The zero-order valence-corrected chi connectivity index (χ0v) is 11.4. The van der Waals surface area contributed by atoms with Crippen LogP contribution in [0.15, 0.2) is 6.20 Å². The third-order valence-corrected chi connectivity index (χ3v) is 3.87. The van der Waals surface area contributed by atoms with E-state index in [4.69, 9.17) is 10.5 Å². The second-order valence-electron chi connectivity index (χ2n) is 5.45. The number of methoxy groups -OCH3 is 1. The molecule has 100 valence electrons. The van der Waals surface area contributed by atoms with Gasteiger partial charge in [-0.05, 0) is 33.1 Å². The Morgan fingerprint density at radius 3 is 2.83 bits per heavy atom. The van der Waals surface area contributed by atoms with Crippen LogP contribution in [0.4, 0.5) is 0 Å².